The molecule has 1 aliphatic heterocycles. The quantitative estimate of drug-likeness (QED) is 0.208. The minimum Gasteiger partial charge on any atom is -0.482 e. The molecule has 32 heavy (non-hydrogen) atoms. The maximum Gasteiger partial charge on any atom is 0.135 e. The summed E-state index contributed by atoms with van der Waals surface area (Å²) in [5, 5.41) is 0. The summed E-state index contributed by atoms with van der Waals surface area (Å²) >= 11 is 7.42. The molecule has 0 amide bonds. The highest BCUT2D eigenvalue weighted by Crippen LogP contribution is 2.51. The number of unbranched alkanes of at least 4 members (excludes halogenated alkanes) is 10. The Morgan fingerprint density at radius 3 is 1.72 bits per heavy atom. The van der Waals surface area contributed by atoms with E-state index in [9.17, 15) is 0 Å². The first-order valence-corrected chi connectivity index (χ1v) is 14.5. The van der Waals surface area contributed by atoms with Crippen LogP contribution in [0.2, 0.25) is 0 Å². The average Bonchev–Trinajstić information content (AvgIpc) is 2.78. The van der Waals surface area contributed by atoms with Crippen molar-refractivity contribution in [2.45, 2.75) is 109 Å². The maximum absolute atomic E-state index is 6.99. The Bertz CT molecular complexity index is 829. The lowest BCUT2D eigenvalue weighted by molar-refractivity contribution is 0.0384. The molecule has 0 spiro atoms. The van der Waals surface area contributed by atoms with E-state index < -0.39 is 0 Å². The van der Waals surface area contributed by atoms with E-state index in [2.05, 4.69) is 82.1 Å². The number of halogens is 2. The molecule has 176 valence electrons. The average molecular weight is 564 g/mol. The Balaban J connectivity index is 1.83. The fourth-order valence-corrected chi connectivity index (χ4v) is 5.78. The van der Waals surface area contributed by atoms with Crippen molar-refractivity contribution in [3.63, 3.8) is 0 Å². The monoisotopic (exact) mass is 562 g/mol. The highest BCUT2D eigenvalue weighted by Gasteiger charge is 2.40. The molecule has 3 heteroatoms. The molecule has 0 N–H and O–H groups in total. The number of hydrogen-bond donors (Lipinski definition) is 0. The van der Waals surface area contributed by atoms with Crippen LogP contribution in [0.3, 0.4) is 0 Å². The van der Waals surface area contributed by atoms with Gasteiger partial charge in [0.2, 0.25) is 0 Å². The van der Waals surface area contributed by atoms with Crippen molar-refractivity contribution in [1.82, 2.24) is 0 Å². The van der Waals surface area contributed by atoms with Crippen LogP contribution in [0.1, 0.15) is 109 Å². The van der Waals surface area contributed by atoms with E-state index in [1.807, 2.05) is 0 Å². The van der Waals surface area contributed by atoms with Crippen LogP contribution in [0.15, 0.2) is 45.3 Å². The van der Waals surface area contributed by atoms with Gasteiger partial charge >= 0.3 is 0 Å². The summed E-state index contributed by atoms with van der Waals surface area (Å²) in [5.74, 6) is 1.03. The van der Waals surface area contributed by atoms with Crippen LogP contribution in [-0.4, -0.2) is 0 Å². The zero-order valence-electron chi connectivity index (χ0n) is 20.0. The van der Waals surface area contributed by atoms with Gasteiger partial charge in [0.25, 0.3) is 0 Å². The highest BCUT2D eigenvalue weighted by atomic mass is 79.9. The molecule has 0 radical (unpaired) electrons. The first-order chi connectivity index (χ1) is 15.6. The van der Waals surface area contributed by atoms with Crippen molar-refractivity contribution in [2.24, 2.45) is 0 Å². The van der Waals surface area contributed by atoms with Crippen molar-refractivity contribution in [1.29, 1.82) is 0 Å². The van der Waals surface area contributed by atoms with Crippen LogP contribution in [0.25, 0.3) is 11.1 Å². The van der Waals surface area contributed by atoms with Gasteiger partial charge in [-0.2, -0.15) is 0 Å². The summed E-state index contributed by atoms with van der Waals surface area (Å²) in [6.07, 6.45) is 18.0. The lowest BCUT2D eigenvalue weighted by atomic mass is 9.77. The molecule has 0 aliphatic carbocycles. The standard InChI is InChI=1S/C29H40Br2O/c1-3-5-7-9-11-13-19-29(20-14-12-10-8-6-4-2)27-21-23(30)15-17-25(27)26-18-16-24(31)22-28(26)32-29/h15-18,21-22H,3-14,19-20H2,1-2H3. The van der Waals surface area contributed by atoms with Crippen LogP contribution in [0, 0.1) is 0 Å². The van der Waals surface area contributed by atoms with E-state index >= 15 is 0 Å². The number of ether oxygens (including phenoxy) is 1. The van der Waals surface area contributed by atoms with Gasteiger partial charge in [-0.15, -0.1) is 0 Å². The molecule has 2 aromatic carbocycles. The van der Waals surface area contributed by atoms with Gasteiger partial charge < -0.3 is 4.74 Å². The van der Waals surface area contributed by atoms with E-state index in [0.717, 1.165) is 27.5 Å². The lowest BCUT2D eigenvalue weighted by Crippen LogP contribution is -2.36. The van der Waals surface area contributed by atoms with Gasteiger partial charge in [0.05, 0.1) is 0 Å². The van der Waals surface area contributed by atoms with Crippen LogP contribution in [0.4, 0.5) is 0 Å². The third-order valence-corrected chi connectivity index (χ3v) is 7.87. The second-order valence-electron chi connectivity index (χ2n) is 9.46. The third-order valence-electron chi connectivity index (χ3n) is 6.88. The Morgan fingerprint density at radius 1 is 0.625 bits per heavy atom. The summed E-state index contributed by atoms with van der Waals surface area (Å²) in [4.78, 5) is 0. The molecule has 1 nitrogen and oxygen atoms in total. The topological polar surface area (TPSA) is 9.23 Å². The molecular weight excluding hydrogens is 524 g/mol. The van der Waals surface area contributed by atoms with Crippen LogP contribution >= 0.6 is 31.9 Å². The highest BCUT2D eigenvalue weighted by molar-refractivity contribution is 9.10. The molecule has 0 aromatic heterocycles. The summed E-state index contributed by atoms with van der Waals surface area (Å²) in [7, 11) is 0. The number of benzene rings is 2. The lowest BCUT2D eigenvalue weighted by Gasteiger charge is -2.41. The molecule has 2 aromatic rings. The van der Waals surface area contributed by atoms with Crippen molar-refractivity contribution in [3.8, 4) is 16.9 Å². The van der Waals surface area contributed by atoms with E-state index in [1.165, 1.54) is 93.7 Å². The summed E-state index contributed by atoms with van der Waals surface area (Å²) in [6.45, 7) is 4.57. The largest absolute Gasteiger partial charge is 0.482 e. The number of fused-ring (bicyclic) bond motifs is 3. The molecule has 3 rings (SSSR count). The van der Waals surface area contributed by atoms with Gasteiger partial charge in [-0.3, -0.25) is 0 Å². The van der Waals surface area contributed by atoms with Crippen molar-refractivity contribution < 1.29 is 4.74 Å². The minimum atomic E-state index is -0.220. The van der Waals surface area contributed by atoms with Gasteiger partial charge in [0.1, 0.15) is 11.4 Å². The molecule has 0 atom stereocenters. The molecule has 1 heterocycles. The van der Waals surface area contributed by atoms with Crippen molar-refractivity contribution >= 4 is 31.9 Å². The van der Waals surface area contributed by atoms with Gasteiger partial charge in [-0.05, 0) is 61.6 Å². The second-order valence-corrected chi connectivity index (χ2v) is 11.3. The summed E-state index contributed by atoms with van der Waals surface area (Å²) < 4.78 is 9.22. The Kier molecular flexibility index (Phi) is 10.6. The Hall–Kier alpha value is -0.800. The zero-order chi connectivity index (χ0) is 22.8. The molecular formula is C29H40Br2O. The first-order valence-electron chi connectivity index (χ1n) is 12.9. The normalized spacial score (nSPS) is 14.0. The van der Waals surface area contributed by atoms with Crippen LogP contribution in [0.5, 0.6) is 5.75 Å². The predicted molar refractivity (Wildman–Crippen MR) is 146 cm³/mol. The Labute approximate surface area is 213 Å². The summed E-state index contributed by atoms with van der Waals surface area (Å²) in [5.41, 5.74) is 3.72. The maximum atomic E-state index is 6.99. The van der Waals surface area contributed by atoms with Crippen LogP contribution < -0.4 is 4.74 Å². The molecule has 0 saturated heterocycles. The number of rotatable bonds is 14. The van der Waals surface area contributed by atoms with E-state index in [-0.39, 0.29) is 5.60 Å². The summed E-state index contributed by atoms with van der Waals surface area (Å²) in [6, 6.07) is 13.3. The zero-order valence-corrected chi connectivity index (χ0v) is 23.2. The fraction of sp³-hybridized carbons (Fsp3) is 0.586. The number of hydrogen-bond acceptors (Lipinski definition) is 1. The molecule has 0 bridgehead atoms. The van der Waals surface area contributed by atoms with Crippen LogP contribution in [-0.2, 0) is 5.60 Å². The van der Waals surface area contributed by atoms with E-state index in [0.29, 0.717) is 0 Å². The SMILES string of the molecule is CCCCCCCCC1(CCCCCCCC)Oc2cc(Br)ccc2-c2ccc(Br)cc21. The van der Waals surface area contributed by atoms with Gasteiger partial charge in [-0.1, -0.05) is 116 Å². The molecule has 0 fully saturated rings. The van der Waals surface area contributed by atoms with E-state index in [1.54, 1.807) is 0 Å². The fourth-order valence-electron chi connectivity index (χ4n) is 5.08. The van der Waals surface area contributed by atoms with Gasteiger partial charge in [0.15, 0.2) is 0 Å². The van der Waals surface area contributed by atoms with Crippen molar-refractivity contribution in [2.75, 3.05) is 0 Å². The van der Waals surface area contributed by atoms with Gasteiger partial charge in [0, 0.05) is 20.1 Å². The minimum absolute atomic E-state index is 0.220. The van der Waals surface area contributed by atoms with E-state index in [4.69, 9.17) is 4.74 Å². The molecule has 0 saturated carbocycles. The predicted octanol–water partition coefficient (Wildman–Crippen LogP) is 11.0. The molecule has 1 aliphatic rings. The van der Waals surface area contributed by atoms with Gasteiger partial charge in [-0.25, -0.2) is 0 Å². The smallest absolute Gasteiger partial charge is 0.135 e. The third kappa shape index (κ3) is 6.86. The molecule has 0 unspecified atom stereocenters. The van der Waals surface area contributed by atoms with Crippen molar-refractivity contribution in [3.05, 3.63) is 50.9 Å². The Morgan fingerprint density at radius 2 is 1.12 bits per heavy atom. The second kappa shape index (κ2) is 13.2. The first kappa shape index (κ1) is 25.8.